The Morgan fingerprint density at radius 1 is 0.643 bits per heavy atom. The van der Waals surface area contributed by atoms with E-state index in [1.807, 2.05) is 19.0 Å². The summed E-state index contributed by atoms with van der Waals surface area (Å²) in [6.07, 6.45) is 6.61. The van der Waals surface area contributed by atoms with Gasteiger partial charge in [0.15, 0.2) is 0 Å². The third-order valence-electron chi connectivity index (χ3n) is 5.08. The number of nitrogens with zero attached hydrogens (tertiary/aromatic N) is 1. The number of hydrogen-bond donors (Lipinski definition) is 0. The number of carbonyl (C=O) groups is 4. The van der Waals surface area contributed by atoms with Gasteiger partial charge in [-0.05, 0) is 60.5 Å². The van der Waals surface area contributed by atoms with Crippen LogP contribution in [0.4, 0.5) is 0 Å². The van der Waals surface area contributed by atoms with Gasteiger partial charge in [-0.25, -0.2) is 19.2 Å². The lowest BCUT2D eigenvalue weighted by Crippen LogP contribution is -2.20. The fourth-order valence-corrected chi connectivity index (χ4v) is 2.27. The Morgan fingerprint density at radius 3 is 1.36 bits per heavy atom. The summed E-state index contributed by atoms with van der Waals surface area (Å²) in [5, 5.41) is 0. The van der Waals surface area contributed by atoms with E-state index in [0.717, 1.165) is 32.2 Å². The van der Waals surface area contributed by atoms with Crippen molar-refractivity contribution in [2.45, 2.75) is 87.0 Å². The lowest BCUT2D eigenvalue weighted by molar-refractivity contribution is -0.141. The highest BCUT2D eigenvalue weighted by atomic mass is 16.5. The number of unbranched alkanes of at least 4 members (excludes halogenated alkanes) is 2. The predicted octanol–water partition coefficient (Wildman–Crippen LogP) is 6.63. The van der Waals surface area contributed by atoms with Gasteiger partial charge in [0.05, 0.1) is 20.3 Å². The van der Waals surface area contributed by atoms with Crippen molar-refractivity contribution in [2.24, 2.45) is 5.92 Å². The lowest BCUT2D eigenvalue weighted by Gasteiger charge is -2.14. The van der Waals surface area contributed by atoms with Crippen LogP contribution in [0.2, 0.25) is 0 Å². The van der Waals surface area contributed by atoms with Gasteiger partial charge in [0.2, 0.25) is 0 Å². The molecule has 0 aliphatic rings. The molecule has 0 rings (SSSR count). The number of rotatable bonds is 16. The van der Waals surface area contributed by atoms with E-state index in [1.54, 1.807) is 27.7 Å². The molecule has 0 fully saturated rings. The van der Waals surface area contributed by atoms with Crippen molar-refractivity contribution >= 4 is 23.9 Å². The molecule has 0 aromatic heterocycles. The minimum Gasteiger partial charge on any atom is -0.466 e. The van der Waals surface area contributed by atoms with E-state index < -0.39 is 0 Å². The minimum absolute atomic E-state index is 0.264. The van der Waals surface area contributed by atoms with Crippen molar-refractivity contribution in [3.8, 4) is 0 Å². The second-order valence-corrected chi connectivity index (χ2v) is 10.1. The number of hydrogen-bond acceptors (Lipinski definition) is 9. The fourth-order valence-electron chi connectivity index (χ4n) is 2.27. The minimum atomic E-state index is -0.347. The second kappa shape index (κ2) is 30.8. The second-order valence-electron chi connectivity index (χ2n) is 10.1. The third kappa shape index (κ3) is 34.8. The maximum Gasteiger partial charge on any atom is 0.333 e. The zero-order valence-electron chi connectivity index (χ0n) is 28.2. The SMILES string of the molecule is C=C(C)C(=O)OC.C=C(C)C(=O)OCC(CC)CCCC.C=C(C)C(=O)OCCCC.C=C(C)C(=O)OCCN(C)C. The smallest absolute Gasteiger partial charge is 0.333 e. The lowest BCUT2D eigenvalue weighted by atomic mass is 10.0. The Bertz CT molecular complexity index is 830. The van der Waals surface area contributed by atoms with E-state index in [0.29, 0.717) is 48.0 Å². The van der Waals surface area contributed by atoms with Crippen molar-refractivity contribution in [3.05, 3.63) is 48.6 Å². The average molecular weight is 598 g/mol. The van der Waals surface area contributed by atoms with Crippen LogP contribution in [0.1, 0.15) is 87.0 Å². The standard InChI is InChI=1S/C12H22O2.C8H15NO2.C8H14O2.C5H8O2/c1-5-7-8-11(6-2)9-14-12(13)10(3)4;1-7(2)8(10)11-6-5-9(3)4;1-4-5-6-10-8(9)7(2)3;1-4(2)5(6)7-3/h11H,3,5-9H2,1-2,4H3;1,5-6H2,2-4H3;2,4-6H2,1,3H3;1H2,2-3H3. The van der Waals surface area contributed by atoms with Crippen molar-refractivity contribution in [2.75, 3.05) is 47.6 Å². The van der Waals surface area contributed by atoms with Crippen LogP contribution in [0, 0.1) is 5.92 Å². The molecule has 1 atom stereocenters. The first-order valence-electron chi connectivity index (χ1n) is 14.4. The summed E-state index contributed by atoms with van der Waals surface area (Å²) in [6.45, 7) is 29.0. The Balaban J connectivity index is -0.000000236. The number of likely N-dealkylation sites (N-methyl/N-ethyl adjacent to an activating group) is 1. The van der Waals surface area contributed by atoms with E-state index >= 15 is 0 Å². The number of ether oxygens (including phenoxy) is 4. The molecular weight excluding hydrogens is 538 g/mol. The number of carbonyl (C=O) groups excluding carboxylic acids is 4. The van der Waals surface area contributed by atoms with Crippen LogP contribution in [0.15, 0.2) is 48.6 Å². The summed E-state index contributed by atoms with van der Waals surface area (Å²) < 4.78 is 19.0. The largest absolute Gasteiger partial charge is 0.466 e. The van der Waals surface area contributed by atoms with Gasteiger partial charge in [-0.2, -0.15) is 0 Å². The summed E-state index contributed by atoms with van der Waals surface area (Å²) in [7, 11) is 5.18. The van der Waals surface area contributed by atoms with Gasteiger partial charge in [-0.3, -0.25) is 0 Å². The van der Waals surface area contributed by atoms with E-state index in [4.69, 9.17) is 14.2 Å². The predicted molar refractivity (Wildman–Crippen MR) is 171 cm³/mol. The first-order chi connectivity index (χ1) is 19.5. The Labute approximate surface area is 256 Å². The molecular formula is C33H59NO8. The average Bonchev–Trinajstić information content (AvgIpc) is 2.93. The van der Waals surface area contributed by atoms with Crippen LogP contribution in [0.25, 0.3) is 0 Å². The molecule has 244 valence electrons. The quantitative estimate of drug-likeness (QED) is 0.0838. The van der Waals surface area contributed by atoms with Crippen LogP contribution >= 0.6 is 0 Å². The molecule has 0 bridgehead atoms. The number of esters is 4. The van der Waals surface area contributed by atoms with Crippen LogP contribution in [-0.2, 0) is 38.1 Å². The van der Waals surface area contributed by atoms with E-state index in [1.165, 1.54) is 20.0 Å². The van der Waals surface area contributed by atoms with Crippen LogP contribution in [-0.4, -0.2) is 76.3 Å². The molecule has 1 unspecified atom stereocenters. The molecule has 0 spiro atoms. The maximum absolute atomic E-state index is 11.1. The van der Waals surface area contributed by atoms with Gasteiger partial charge in [0.25, 0.3) is 0 Å². The molecule has 42 heavy (non-hydrogen) atoms. The molecule has 0 amide bonds. The van der Waals surface area contributed by atoms with E-state index in [-0.39, 0.29) is 23.9 Å². The first kappa shape index (κ1) is 45.8. The van der Waals surface area contributed by atoms with Gasteiger partial charge in [0, 0.05) is 28.8 Å². The monoisotopic (exact) mass is 597 g/mol. The fraction of sp³-hybridized carbons (Fsp3) is 0.636. The molecule has 0 aliphatic heterocycles. The molecule has 0 saturated carbocycles. The normalized spacial score (nSPS) is 10.1. The maximum atomic E-state index is 11.1. The molecule has 0 N–H and O–H groups in total. The zero-order chi connectivity index (χ0) is 33.7. The van der Waals surface area contributed by atoms with Gasteiger partial charge >= 0.3 is 23.9 Å². The van der Waals surface area contributed by atoms with Gasteiger partial charge in [0.1, 0.15) is 6.61 Å². The number of methoxy groups -OCH3 is 1. The van der Waals surface area contributed by atoms with E-state index in [2.05, 4.69) is 51.8 Å². The zero-order valence-corrected chi connectivity index (χ0v) is 28.2. The summed E-state index contributed by atoms with van der Waals surface area (Å²) in [5.74, 6) is -0.696. The molecule has 0 aromatic rings. The topological polar surface area (TPSA) is 108 Å². The molecule has 0 aromatic carbocycles. The highest BCUT2D eigenvalue weighted by Crippen LogP contribution is 2.13. The van der Waals surface area contributed by atoms with Gasteiger partial charge in [-0.15, -0.1) is 0 Å². The molecule has 9 nitrogen and oxygen atoms in total. The highest BCUT2D eigenvalue weighted by Gasteiger charge is 2.10. The first-order valence-corrected chi connectivity index (χ1v) is 14.4. The molecule has 9 heteroatoms. The highest BCUT2D eigenvalue weighted by molar-refractivity contribution is 5.88. The Hall–Kier alpha value is -3.20. The van der Waals surface area contributed by atoms with Crippen molar-refractivity contribution in [1.29, 1.82) is 0 Å². The van der Waals surface area contributed by atoms with Crippen LogP contribution < -0.4 is 0 Å². The van der Waals surface area contributed by atoms with Crippen LogP contribution in [0.5, 0.6) is 0 Å². The van der Waals surface area contributed by atoms with Crippen molar-refractivity contribution in [3.63, 3.8) is 0 Å². The van der Waals surface area contributed by atoms with Gasteiger partial charge < -0.3 is 23.8 Å². The Kier molecular flexibility index (Phi) is 33.5. The van der Waals surface area contributed by atoms with Crippen molar-refractivity contribution in [1.82, 2.24) is 4.90 Å². The summed E-state index contributed by atoms with van der Waals surface area (Å²) in [4.78, 5) is 44.7. The summed E-state index contributed by atoms with van der Waals surface area (Å²) in [6, 6.07) is 0. The van der Waals surface area contributed by atoms with Crippen molar-refractivity contribution < 1.29 is 38.1 Å². The summed E-state index contributed by atoms with van der Waals surface area (Å²) >= 11 is 0. The third-order valence-corrected chi connectivity index (χ3v) is 5.08. The molecule has 0 saturated heterocycles. The summed E-state index contributed by atoms with van der Waals surface area (Å²) in [5.41, 5.74) is 1.83. The van der Waals surface area contributed by atoms with E-state index in [9.17, 15) is 19.2 Å². The molecule has 0 radical (unpaired) electrons. The molecule has 0 aliphatic carbocycles. The Morgan fingerprint density at radius 2 is 1.05 bits per heavy atom. The van der Waals surface area contributed by atoms with Gasteiger partial charge in [-0.1, -0.05) is 72.8 Å². The molecule has 0 heterocycles. The van der Waals surface area contributed by atoms with Crippen LogP contribution in [0.3, 0.4) is 0 Å².